The molecule has 0 aliphatic heterocycles. The molecule has 11 rings (SSSR count). The monoisotopic (exact) mass is 665 g/mol. The molecule has 0 aliphatic carbocycles. The maximum absolute atomic E-state index is 6.67. The Morgan fingerprint density at radius 3 is 1.79 bits per heavy atom. The van der Waals surface area contributed by atoms with Crippen LogP contribution >= 0.6 is 0 Å². The van der Waals surface area contributed by atoms with E-state index in [4.69, 9.17) is 23.8 Å². The summed E-state index contributed by atoms with van der Waals surface area (Å²) in [5, 5.41) is 8.72. The third-order valence-electron chi connectivity index (χ3n) is 10.1. The largest absolute Gasteiger partial charge is 0.456 e. The van der Waals surface area contributed by atoms with Crippen molar-refractivity contribution < 1.29 is 8.83 Å². The van der Waals surface area contributed by atoms with Gasteiger partial charge in [-0.2, -0.15) is 0 Å². The van der Waals surface area contributed by atoms with Crippen LogP contribution in [-0.4, -0.2) is 15.0 Å². The van der Waals surface area contributed by atoms with Crippen LogP contribution in [0.25, 0.3) is 111 Å². The minimum absolute atomic E-state index is 0.558. The molecule has 0 aliphatic rings. The number of hydrogen-bond donors (Lipinski definition) is 0. The van der Waals surface area contributed by atoms with Crippen LogP contribution in [0.15, 0.2) is 173 Å². The molecule has 52 heavy (non-hydrogen) atoms. The van der Waals surface area contributed by atoms with E-state index in [2.05, 4.69) is 127 Å². The molecule has 3 aromatic heterocycles. The van der Waals surface area contributed by atoms with Crippen molar-refractivity contribution in [3.63, 3.8) is 0 Å². The zero-order valence-electron chi connectivity index (χ0n) is 27.7. The van der Waals surface area contributed by atoms with Gasteiger partial charge < -0.3 is 8.83 Å². The summed E-state index contributed by atoms with van der Waals surface area (Å²) < 4.78 is 13.0. The summed E-state index contributed by atoms with van der Waals surface area (Å²) >= 11 is 0. The first-order valence-corrected chi connectivity index (χ1v) is 17.3. The van der Waals surface area contributed by atoms with Crippen molar-refractivity contribution in [1.29, 1.82) is 0 Å². The molecule has 0 unspecified atom stereocenters. The van der Waals surface area contributed by atoms with Crippen molar-refractivity contribution in [2.45, 2.75) is 0 Å². The van der Waals surface area contributed by atoms with E-state index < -0.39 is 0 Å². The Hall–Kier alpha value is -7.11. The van der Waals surface area contributed by atoms with Crippen molar-refractivity contribution >= 4 is 65.4 Å². The Balaban J connectivity index is 1.20. The second-order valence-electron chi connectivity index (χ2n) is 13.2. The topological polar surface area (TPSA) is 65.0 Å². The Morgan fingerprint density at radius 1 is 0.308 bits per heavy atom. The van der Waals surface area contributed by atoms with Crippen LogP contribution in [0, 0.1) is 0 Å². The Bertz CT molecular complexity index is 3190. The molecule has 0 fully saturated rings. The summed E-state index contributed by atoms with van der Waals surface area (Å²) in [6.45, 7) is 0. The van der Waals surface area contributed by atoms with E-state index in [0.717, 1.165) is 87.9 Å². The van der Waals surface area contributed by atoms with Crippen LogP contribution in [-0.2, 0) is 0 Å². The van der Waals surface area contributed by atoms with Crippen LogP contribution in [0.4, 0.5) is 0 Å². The normalized spacial score (nSPS) is 11.8. The van der Waals surface area contributed by atoms with E-state index in [1.165, 1.54) is 5.39 Å². The van der Waals surface area contributed by atoms with Gasteiger partial charge in [-0.1, -0.05) is 121 Å². The molecular weight excluding hydrogens is 639 g/mol. The van der Waals surface area contributed by atoms with Gasteiger partial charge in [-0.15, -0.1) is 0 Å². The molecule has 3 heterocycles. The molecule has 5 nitrogen and oxygen atoms in total. The first-order chi connectivity index (χ1) is 25.7. The zero-order chi connectivity index (χ0) is 34.2. The van der Waals surface area contributed by atoms with Gasteiger partial charge in [-0.05, 0) is 75.1 Å². The molecule has 0 amide bonds. The molecule has 0 atom stereocenters. The number of para-hydroxylation sites is 1. The van der Waals surface area contributed by atoms with Crippen LogP contribution in [0.1, 0.15) is 0 Å². The predicted octanol–water partition coefficient (Wildman–Crippen LogP) is 12.6. The third kappa shape index (κ3) is 4.53. The first-order valence-electron chi connectivity index (χ1n) is 17.3. The number of fused-ring (bicyclic) bond motifs is 8. The molecule has 0 bridgehead atoms. The van der Waals surface area contributed by atoms with Gasteiger partial charge in [0.1, 0.15) is 22.3 Å². The lowest BCUT2D eigenvalue weighted by molar-refractivity contribution is 0.669. The van der Waals surface area contributed by atoms with Crippen LogP contribution in [0.3, 0.4) is 0 Å². The molecular formula is C47H27N3O2. The fraction of sp³-hybridized carbons (Fsp3) is 0. The lowest BCUT2D eigenvalue weighted by Crippen LogP contribution is -2.01. The molecule has 0 N–H and O–H groups in total. The zero-order valence-corrected chi connectivity index (χ0v) is 27.7. The molecule has 5 heteroatoms. The average molecular weight is 666 g/mol. The second kappa shape index (κ2) is 11.2. The van der Waals surface area contributed by atoms with Crippen LogP contribution in [0.2, 0.25) is 0 Å². The predicted molar refractivity (Wildman–Crippen MR) is 211 cm³/mol. The average Bonchev–Trinajstić information content (AvgIpc) is 3.77. The molecule has 242 valence electrons. The highest BCUT2D eigenvalue weighted by Gasteiger charge is 2.21. The van der Waals surface area contributed by atoms with E-state index >= 15 is 0 Å². The van der Waals surface area contributed by atoms with Gasteiger partial charge in [0.25, 0.3) is 0 Å². The summed E-state index contributed by atoms with van der Waals surface area (Å²) in [4.78, 5) is 15.6. The quantitative estimate of drug-likeness (QED) is 0.187. The van der Waals surface area contributed by atoms with Crippen molar-refractivity contribution in [3.8, 4) is 45.3 Å². The van der Waals surface area contributed by atoms with E-state index in [9.17, 15) is 0 Å². The first kappa shape index (κ1) is 28.7. The Kier molecular flexibility index (Phi) is 6.18. The summed E-state index contributed by atoms with van der Waals surface area (Å²) in [5.41, 5.74) is 8.00. The van der Waals surface area contributed by atoms with Gasteiger partial charge in [-0.3, -0.25) is 0 Å². The number of hydrogen-bond acceptors (Lipinski definition) is 5. The highest BCUT2D eigenvalue weighted by atomic mass is 16.3. The molecule has 0 saturated heterocycles. The lowest BCUT2D eigenvalue weighted by atomic mass is 9.96. The van der Waals surface area contributed by atoms with Gasteiger partial charge in [0.05, 0.1) is 0 Å². The third-order valence-corrected chi connectivity index (χ3v) is 10.1. The van der Waals surface area contributed by atoms with Crippen molar-refractivity contribution in [3.05, 3.63) is 164 Å². The number of furan rings is 2. The highest BCUT2D eigenvalue weighted by molar-refractivity contribution is 6.16. The standard InChI is InChI=1S/C47H27N3O2/c1-2-12-29(13-3-1)37-25-34(27-42-44(37)38-24-31-15-6-7-16-32(31)26-41(38)52-42)46-48-45(33-22-21-28-11-4-5-14-30(28)23-33)49-47(50-46)36-18-10-20-40-43(36)35-17-8-9-19-39(35)51-40/h1-27H. The molecule has 11 aromatic rings. The summed E-state index contributed by atoms with van der Waals surface area (Å²) in [7, 11) is 0. The minimum Gasteiger partial charge on any atom is -0.456 e. The maximum atomic E-state index is 6.67. The van der Waals surface area contributed by atoms with Crippen LogP contribution < -0.4 is 0 Å². The van der Waals surface area contributed by atoms with E-state index in [1.807, 2.05) is 36.4 Å². The minimum atomic E-state index is 0.558. The van der Waals surface area contributed by atoms with Crippen LogP contribution in [0.5, 0.6) is 0 Å². The Labute approximate surface area is 297 Å². The molecule has 0 spiro atoms. The van der Waals surface area contributed by atoms with Gasteiger partial charge in [0, 0.05) is 38.2 Å². The van der Waals surface area contributed by atoms with Crippen molar-refractivity contribution in [2.75, 3.05) is 0 Å². The van der Waals surface area contributed by atoms with Crippen molar-refractivity contribution in [2.24, 2.45) is 0 Å². The van der Waals surface area contributed by atoms with Gasteiger partial charge in [0.15, 0.2) is 17.5 Å². The number of nitrogens with zero attached hydrogens (tertiary/aromatic N) is 3. The van der Waals surface area contributed by atoms with E-state index in [1.54, 1.807) is 0 Å². The lowest BCUT2D eigenvalue weighted by Gasteiger charge is -2.11. The molecule has 0 saturated carbocycles. The molecule has 8 aromatic carbocycles. The van der Waals surface area contributed by atoms with Gasteiger partial charge >= 0.3 is 0 Å². The number of benzene rings is 8. The molecule has 0 radical (unpaired) electrons. The van der Waals surface area contributed by atoms with Gasteiger partial charge in [0.2, 0.25) is 0 Å². The van der Waals surface area contributed by atoms with Crippen molar-refractivity contribution in [1.82, 2.24) is 15.0 Å². The summed E-state index contributed by atoms with van der Waals surface area (Å²) in [6.07, 6.45) is 0. The summed E-state index contributed by atoms with van der Waals surface area (Å²) in [6, 6.07) is 56.4. The van der Waals surface area contributed by atoms with E-state index in [0.29, 0.717) is 17.5 Å². The number of rotatable bonds is 4. The Morgan fingerprint density at radius 2 is 0.942 bits per heavy atom. The number of aromatic nitrogens is 3. The maximum Gasteiger partial charge on any atom is 0.164 e. The van der Waals surface area contributed by atoms with E-state index in [-0.39, 0.29) is 0 Å². The fourth-order valence-electron chi connectivity index (χ4n) is 7.61. The SMILES string of the molecule is c1ccc(-c2cc(-c3nc(-c4ccc5ccccc5c4)nc(-c4cccc5oc6ccccc6c45)n3)cc3oc4cc5ccccc5cc4c23)cc1. The highest BCUT2D eigenvalue weighted by Crippen LogP contribution is 2.42. The smallest absolute Gasteiger partial charge is 0.164 e. The fourth-order valence-corrected chi connectivity index (χ4v) is 7.61. The van der Waals surface area contributed by atoms with Gasteiger partial charge in [-0.25, -0.2) is 15.0 Å². The second-order valence-corrected chi connectivity index (χ2v) is 13.2. The summed E-state index contributed by atoms with van der Waals surface area (Å²) in [5.74, 6) is 1.72.